The van der Waals surface area contributed by atoms with Gasteiger partial charge < -0.3 is 4.98 Å². The SMILES string of the molecule is CC#CCc1ccc(-c2cnc(C)nc2)[nH]1. The zero-order chi connectivity index (χ0) is 11.4. The predicted octanol–water partition coefficient (Wildman–Crippen LogP) is 2.35. The topological polar surface area (TPSA) is 41.6 Å². The van der Waals surface area contributed by atoms with E-state index in [1.54, 1.807) is 0 Å². The third-order valence-electron chi connectivity index (χ3n) is 2.29. The average molecular weight is 211 g/mol. The van der Waals surface area contributed by atoms with Gasteiger partial charge in [-0.3, -0.25) is 0 Å². The van der Waals surface area contributed by atoms with Crippen molar-refractivity contribution in [1.82, 2.24) is 15.0 Å². The molecule has 0 aromatic carbocycles. The van der Waals surface area contributed by atoms with Crippen LogP contribution in [0.3, 0.4) is 0 Å². The summed E-state index contributed by atoms with van der Waals surface area (Å²) in [5.74, 6) is 6.69. The van der Waals surface area contributed by atoms with E-state index in [9.17, 15) is 0 Å². The zero-order valence-corrected chi connectivity index (χ0v) is 9.41. The molecule has 0 aliphatic heterocycles. The lowest BCUT2D eigenvalue weighted by molar-refractivity contribution is 1.05. The van der Waals surface area contributed by atoms with E-state index in [0.717, 1.165) is 29.2 Å². The Morgan fingerprint density at radius 1 is 1.25 bits per heavy atom. The third kappa shape index (κ3) is 2.29. The van der Waals surface area contributed by atoms with Gasteiger partial charge in [-0.05, 0) is 26.0 Å². The summed E-state index contributed by atoms with van der Waals surface area (Å²) < 4.78 is 0. The third-order valence-corrected chi connectivity index (χ3v) is 2.29. The largest absolute Gasteiger partial charge is 0.358 e. The van der Waals surface area contributed by atoms with Crippen molar-refractivity contribution in [1.29, 1.82) is 0 Å². The molecule has 2 heterocycles. The van der Waals surface area contributed by atoms with Crippen molar-refractivity contribution < 1.29 is 0 Å². The van der Waals surface area contributed by atoms with Gasteiger partial charge in [0, 0.05) is 35.8 Å². The van der Waals surface area contributed by atoms with E-state index in [1.807, 2.05) is 38.4 Å². The molecule has 0 unspecified atom stereocenters. The van der Waals surface area contributed by atoms with Crippen LogP contribution >= 0.6 is 0 Å². The molecule has 0 atom stereocenters. The van der Waals surface area contributed by atoms with Gasteiger partial charge in [0.2, 0.25) is 0 Å². The minimum Gasteiger partial charge on any atom is -0.358 e. The van der Waals surface area contributed by atoms with Gasteiger partial charge in [-0.25, -0.2) is 9.97 Å². The average Bonchev–Trinajstić information content (AvgIpc) is 2.76. The van der Waals surface area contributed by atoms with Gasteiger partial charge in [0.1, 0.15) is 5.82 Å². The van der Waals surface area contributed by atoms with Gasteiger partial charge in [0.15, 0.2) is 0 Å². The molecular weight excluding hydrogens is 198 g/mol. The van der Waals surface area contributed by atoms with Crippen molar-refractivity contribution in [2.75, 3.05) is 0 Å². The van der Waals surface area contributed by atoms with Crippen molar-refractivity contribution >= 4 is 0 Å². The van der Waals surface area contributed by atoms with Crippen LogP contribution in [0.1, 0.15) is 18.4 Å². The number of H-pyrrole nitrogens is 1. The summed E-state index contributed by atoms with van der Waals surface area (Å²) in [7, 11) is 0. The van der Waals surface area contributed by atoms with Gasteiger partial charge in [0.05, 0.1) is 0 Å². The van der Waals surface area contributed by atoms with E-state index in [-0.39, 0.29) is 0 Å². The molecule has 2 aromatic heterocycles. The van der Waals surface area contributed by atoms with Crippen molar-refractivity contribution in [2.24, 2.45) is 0 Å². The van der Waals surface area contributed by atoms with E-state index in [0.29, 0.717) is 0 Å². The second kappa shape index (κ2) is 4.63. The van der Waals surface area contributed by atoms with Gasteiger partial charge in [-0.15, -0.1) is 5.92 Å². The Hall–Kier alpha value is -2.08. The van der Waals surface area contributed by atoms with E-state index in [2.05, 4.69) is 26.8 Å². The Balaban J connectivity index is 2.23. The number of aromatic amines is 1. The standard InChI is InChI=1S/C13H13N3/c1-3-4-5-12-6-7-13(16-12)11-8-14-10(2)15-9-11/h6-9,16H,5H2,1-2H3. The van der Waals surface area contributed by atoms with E-state index in [4.69, 9.17) is 0 Å². The van der Waals surface area contributed by atoms with Crippen LogP contribution in [0.5, 0.6) is 0 Å². The number of rotatable bonds is 2. The Labute approximate surface area is 95.0 Å². The van der Waals surface area contributed by atoms with Gasteiger partial charge in [-0.1, -0.05) is 5.92 Å². The number of aromatic nitrogens is 3. The van der Waals surface area contributed by atoms with Crippen LogP contribution in [-0.4, -0.2) is 15.0 Å². The monoisotopic (exact) mass is 211 g/mol. The van der Waals surface area contributed by atoms with Crippen molar-refractivity contribution in [3.8, 4) is 23.1 Å². The van der Waals surface area contributed by atoms with Crippen LogP contribution in [0.25, 0.3) is 11.3 Å². The fourth-order valence-electron chi connectivity index (χ4n) is 1.43. The van der Waals surface area contributed by atoms with Crippen LogP contribution in [-0.2, 0) is 6.42 Å². The summed E-state index contributed by atoms with van der Waals surface area (Å²) in [6.45, 7) is 3.72. The maximum atomic E-state index is 4.17. The molecule has 0 bridgehead atoms. The van der Waals surface area contributed by atoms with Crippen LogP contribution < -0.4 is 0 Å². The molecule has 0 aliphatic carbocycles. The minimum atomic E-state index is 0.753. The summed E-state index contributed by atoms with van der Waals surface area (Å²) in [5, 5.41) is 0. The lowest BCUT2D eigenvalue weighted by Gasteiger charge is -1.97. The maximum Gasteiger partial charge on any atom is 0.125 e. The second-order valence-corrected chi connectivity index (χ2v) is 3.52. The zero-order valence-electron chi connectivity index (χ0n) is 9.41. The molecule has 0 saturated carbocycles. The molecule has 0 fully saturated rings. The van der Waals surface area contributed by atoms with Gasteiger partial charge >= 0.3 is 0 Å². The molecule has 0 amide bonds. The van der Waals surface area contributed by atoms with Crippen molar-refractivity contribution in [3.05, 3.63) is 36.0 Å². The van der Waals surface area contributed by atoms with Crippen molar-refractivity contribution in [2.45, 2.75) is 20.3 Å². The van der Waals surface area contributed by atoms with Crippen LogP contribution in [0.4, 0.5) is 0 Å². The second-order valence-electron chi connectivity index (χ2n) is 3.52. The van der Waals surface area contributed by atoms with Crippen LogP contribution in [0, 0.1) is 18.8 Å². The number of aryl methyl sites for hydroxylation is 1. The Bertz CT molecular complexity index is 526. The Morgan fingerprint density at radius 2 is 2.00 bits per heavy atom. The molecule has 0 radical (unpaired) electrons. The summed E-state index contributed by atoms with van der Waals surface area (Å²) in [6, 6.07) is 4.07. The maximum absolute atomic E-state index is 4.17. The fourth-order valence-corrected chi connectivity index (χ4v) is 1.43. The highest BCUT2D eigenvalue weighted by Gasteiger charge is 2.01. The Morgan fingerprint density at radius 3 is 2.69 bits per heavy atom. The first-order chi connectivity index (χ1) is 7.79. The molecular formula is C13H13N3. The summed E-state index contributed by atoms with van der Waals surface area (Å²) in [6.07, 6.45) is 4.40. The van der Waals surface area contributed by atoms with E-state index < -0.39 is 0 Å². The summed E-state index contributed by atoms with van der Waals surface area (Å²) in [4.78, 5) is 11.6. The van der Waals surface area contributed by atoms with Crippen LogP contribution in [0.2, 0.25) is 0 Å². The highest BCUT2D eigenvalue weighted by atomic mass is 14.9. The molecule has 3 heteroatoms. The number of hydrogen-bond acceptors (Lipinski definition) is 2. The molecule has 0 aliphatic rings. The minimum absolute atomic E-state index is 0.753. The van der Waals surface area contributed by atoms with Crippen molar-refractivity contribution in [3.63, 3.8) is 0 Å². The Kier molecular flexibility index (Phi) is 3.02. The molecule has 3 nitrogen and oxygen atoms in total. The number of nitrogens with one attached hydrogen (secondary N) is 1. The smallest absolute Gasteiger partial charge is 0.125 e. The van der Waals surface area contributed by atoms with E-state index in [1.165, 1.54) is 0 Å². The quantitative estimate of drug-likeness (QED) is 0.775. The number of nitrogens with zero attached hydrogens (tertiary/aromatic N) is 2. The number of hydrogen-bond donors (Lipinski definition) is 1. The molecule has 2 rings (SSSR count). The van der Waals surface area contributed by atoms with Gasteiger partial charge in [-0.2, -0.15) is 0 Å². The predicted molar refractivity (Wildman–Crippen MR) is 63.7 cm³/mol. The summed E-state index contributed by atoms with van der Waals surface area (Å²) in [5.41, 5.74) is 3.15. The molecule has 0 spiro atoms. The molecule has 80 valence electrons. The first-order valence-electron chi connectivity index (χ1n) is 5.16. The summed E-state index contributed by atoms with van der Waals surface area (Å²) >= 11 is 0. The molecule has 1 N–H and O–H groups in total. The molecule has 0 saturated heterocycles. The highest BCUT2D eigenvalue weighted by Crippen LogP contribution is 2.16. The molecule has 2 aromatic rings. The lowest BCUT2D eigenvalue weighted by atomic mass is 10.2. The van der Waals surface area contributed by atoms with Gasteiger partial charge in [0.25, 0.3) is 0 Å². The fraction of sp³-hybridized carbons (Fsp3) is 0.231. The normalized spacial score (nSPS) is 9.62. The molecule has 16 heavy (non-hydrogen) atoms. The first-order valence-corrected chi connectivity index (χ1v) is 5.16. The van der Waals surface area contributed by atoms with Crippen LogP contribution in [0.15, 0.2) is 24.5 Å². The lowest BCUT2D eigenvalue weighted by Crippen LogP contribution is -1.88. The first kappa shape index (κ1) is 10.4. The van der Waals surface area contributed by atoms with E-state index >= 15 is 0 Å². The highest BCUT2D eigenvalue weighted by molar-refractivity contribution is 5.57.